The molecule has 3 rings (SSSR count). The van der Waals surface area contributed by atoms with Crippen LogP contribution in [0.5, 0.6) is 0 Å². The number of hydrogen-bond donors (Lipinski definition) is 2. The first kappa shape index (κ1) is 9.04. The van der Waals surface area contributed by atoms with Crippen molar-refractivity contribution in [3.8, 4) is 11.1 Å². The fourth-order valence-electron chi connectivity index (χ4n) is 2.02. The van der Waals surface area contributed by atoms with Crippen molar-refractivity contribution in [3.05, 3.63) is 54.7 Å². The Morgan fingerprint density at radius 1 is 0.938 bits per heavy atom. The van der Waals surface area contributed by atoms with Crippen LogP contribution in [0.1, 0.15) is 0 Å². The van der Waals surface area contributed by atoms with Crippen molar-refractivity contribution in [2.24, 2.45) is 0 Å². The van der Waals surface area contributed by atoms with Crippen molar-refractivity contribution < 1.29 is 0 Å². The van der Waals surface area contributed by atoms with Crippen molar-refractivity contribution in [1.29, 1.82) is 0 Å². The number of benzene rings is 2. The Kier molecular flexibility index (Phi) is 1.93. The first-order valence-electron chi connectivity index (χ1n) is 5.26. The van der Waals surface area contributed by atoms with Gasteiger partial charge >= 0.3 is 0 Å². The normalized spacial score (nSPS) is 10.8. The zero-order valence-corrected chi connectivity index (χ0v) is 8.77. The first-order chi connectivity index (χ1) is 7.84. The molecule has 0 atom stereocenters. The Balaban J connectivity index is 2.26. The van der Waals surface area contributed by atoms with Crippen molar-refractivity contribution in [2.45, 2.75) is 0 Å². The fourth-order valence-corrected chi connectivity index (χ4v) is 2.02. The number of nitrogens with two attached hydrogens (primary N) is 1. The zero-order valence-electron chi connectivity index (χ0n) is 8.77. The quantitative estimate of drug-likeness (QED) is 0.591. The molecule has 0 aliphatic heterocycles. The van der Waals surface area contributed by atoms with Gasteiger partial charge in [-0.3, -0.25) is 0 Å². The molecule has 78 valence electrons. The molecule has 0 fully saturated rings. The molecule has 2 aromatic carbocycles. The van der Waals surface area contributed by atoms with E-state index in [2.05, 4.69) is 23.2 Å². The Morgan fingerprint density at radius 2 is 1.81 bits per heavy atom. The van der Waals surface area contributed by atoms with E-state index in [1.807, 2.05) is 36.5 Å². The summed E-state index contributed by atoms with van der Waals surface area (Å²) in [6.45, 7) is 0. The molecule has 1 aromatic heterocycles. The van der Waals surface area contributed by atoms with Gasteiger partial charge in [0.25, 0.3) is 0 Å². The lowest BCUT2D eigenvalue weighted by Gasteiger charge is -2.00. The van der Waals surface area contributed by atoms with Gasteiger partial charge in [-0.1, -0.05) is 30.3 Å². The number of H-pyrrole nitrogens is 1. The number of fused-ring (bicyclic) bond motifs is 1. The summed E-state index contributed by atoms with van der Waals surface area (Å²) in [4.78, 5) is 3.27. The molecule has 0 amide bonds. The molecule has 0 aliphatic carbocycles. The van der Waals surface area contributed by atoms with E-state index in [0.717, 1.165) is 16.8 Å². The fraction of sp³-hybridized carbons (Fsp3) is 0. The van der Waals surface area contributed by atoms with E-state index < -0.39 is 0 Å². The summed E-state index contributed by atoms with van der Waals surface area (Å²) in [6, 6.07) is 16.2. The standard InChI is InChI=1S/C14H12N2/c15-11-5-3-4-10(8-11)13-9-16-14-7-2-1-6-12(13)14/h1-9,16H,15H2. The van der Waals surface area contributed by atoms with Gasteiger partial charge in [0.1, 0.15) is 0 Å². The van der Waals surface area contributed by atoms with Crippen LogP contribution in [0.15, 0.2) is 54.7 Å². The van der Waals surface area contributed by atoms with Crippen molar-refractivity contribution >= 4 is 16.6 Å². The summed E-state index contributed by atoms with van der Waals surface area (Å²) in [6.07, 6.45) is 2.03. The topological polar surface area (TPSA) is 41.8 Å². The van der Waals surface area contributed by atoms with Gasteiger partial charge in [0.15, 0.2) is 0 Å². The highest BCUT2D eigenvalue weighted by Crippen LogP contribution is 2.29. The Morgan fingerprint density at radius 3 is 2.69 bits per heavy atom. The monoisotopic (exact) mass is 208 g/mol. The van der Waals surface area contributed by atoms with Crippen molar-refractivity contribution in [2.75, 3.05) is 5.73 Å². The van der Waals surface area contributed by atoms with Gasteiger partial charge in [0, 0.05) is 28.4 Å². The van der Waals surface area contributed by atoms with Crippen LogP contribution >= 0.6 is 0 Å². The lowest BCUT2D eigenvalue weighted by atomic mass is 10.0. The third kappa shape index (κ3) is 1.36. The zero-order chi connectivity index (χ0) is 11.0. The minimum atomic E-state index is 0.794. The molecule has 3 N–H and O–H groups in total. The lowest BCUT2D eigenvalue weighted by Crippen LogP contribution is -1.84. The second-order valence-electron chi connectivity index (χ2n) is 3.87. The number of aromatic nitrogens is 1. The Labute approximate surface area is 93.7 Å². The molecular formula is C14H12N2. The van der Waals surface area contributed by atoms with E-state index >= 15 is 0 Å². The average molecular weight is 208 g/mol. The van der Waals surface area contributed by atoms with Gasteiger partial charge in [-0.25, -0.2) is 0 Å². The molecule has 0 aliphatic rings. The maximum Gasteiger partial charge on any atom is 0.0460 e. The van der Waals surface area contributed by atoms with Crippen LogP contribution in [0.25, 0.3) is 22.0 Å². The largest absolute Gasteiger partial charge is 0.399 e. The van der Waals surface area contributed by atoms with Crippen LogP contribution in [0.3, 0.4) is 0 Å². The number of nitrogen functional groups attached to an aromatic ring is 1. The number of aromatic amines is 1. The minimum absolute atomic E-state index is 0.794. The van der Waals surface area contributed by atoms with Crippen LogP contribution in [-0.2, 0) is 0 Å². The SMILES string of the molecule is Nc1cccc(-c2c[nH]c3ccccc23)c1. The van der Waals surface area contributed by atoms with Crippen LogP contribution in [0, 0.1) is 0 Å². The second-order valence-corrected chi connectivity index (χ2v) is 3.87. The summed E-state index contributed by atoms with van der Waals surface area (Å²) < 4.78 is 0. The summed E-state index contributed by atoms with van der Waals surface area (Å²) in [5.74, 6) is 0. The predicted molar refractivity (Wildman–Crippen MR) is 68.1 cm³/mol. The van der Waals surface area contributed by atoms with Crippen molar-refractivity contribution in [1.82, 2.24) is 4.98 Å². The van der Waals surface area contributed by atoms with Gasteiger partial charge in [0.05, 0.1) is 0 Å². The highest BCUT2D eigenvalue weighted by atomic mass is 14.7. The van der Waals surface area contributed by atoms with Gasteiger partial charge in [-0.2, -0.15) is 0 Å². The molecule has 0 radical (unpaired) electrons. The first-order valence-corrected chi connectivity index (χ1v) is 5.26. The van der Waals surface area contributed by atoms with Crippen LogP contribution in [0.2, 0.25) is 0 Å². The molecule has 0 saturated carbocycles. The number of rotatable bonds is 1. The molecular weight excluding hydrogens is 196 g/mol. The van der Waals surface area contributed by atoms with Crippen LogP contribution in [-0.4, -0.2) is 4.98 Å². The van der Waals surface area contributed by atoms with E-state index in [0.29, 0.717) is 0 Å². The Bertz CT molecular complexity index is 638. The van der Waals surface area contributed by atoms with E-state index in [-0.39, 0.29) is 0 Å². The smallest absolute Gasteiger partial charge is 0.0460 e. The molecule has 2 heteroatoms. The predicted octanol–water partition coefficient (Wildman–Crippen LogP) is 3.42. The number of para-hydroxylation sites is 1. The molecule has 3 aromatic rings. The molecule has 2 nitrogen and oxygen atoms in total. The van der Waals surface area contributed by atoms with E-state index in [1.165, 1.54) is 10.9 Å². The lowest BCUT2D eigenvalue weighted by molar-refractivity contribution is 1.47. The third-order valence-electron chi connectivity index (χ3n) is 2.79. The van der Waals surface area contributed by atoms with E-state index in [4.69, 9.17) is 5.73 Å². The molecule has 0 bridgehead atoms. The highest BCUT2D eigenvalue weighted by molar-refractivity contribution is 5.95. The van der Waals surface area contributed by atoms with E-state index in [1.54, 1.807) is 0 Å². The maximum absolute atomic E-state index is 5.80. The molecule has 16 heavy (non-hydrogen) atoms. The maximum atomic E-state index is 5.80. The third-order valence-corrected chi connectivity index (χ3v) is 2.79. The van der Waals surface area contributed by atoms with Crippen LogP contribution < -0.4 is 5.73 Å². The molecule has 0 unspecified atom stereocenters. The van der Waals surface area contributed by atoms with E-state index in [9.17, 15) is 0 Å². The molecule has 0 saturated heterocycles. The van der Waals surface area contributed by atoms with Crippen molar-refractivity contribution in [3.63, 3.8) is 0 Å². The number of anilines is 1. The summed E-state index contributed by atoms with van der Waals surface area (Å²) in [5.41, 5.74) is 10.1. The summed E-state index contributed by atoms with van der Waals surface area (Å²) in [5, 5.41) is 1.23. The molecule has 1 heterocycles. The highest BCUT2D eigenvalue weighted by Gasteiger charge is 2.04. The minimum Gasteiger partial charge on any atom is -0.399 e. The Hall–Kier alpha value is -2.22. The number of hydrogen-bond acceptors (Lipinski definition) is 1. The molecule has 0 spiro atoms. The summed E-state index contributed by atoms with van der Waals surface area (Å²) in [7, 11) is 0. The van der Waals surface area contributed by atoms with Gasteiger partial charge in [-0.15, -0.1) is 0 Å². The summed E-state index contributed by atoms with van der Waals surface area (Å²) >= 11 is 0. The average Bonchev–Trinajstić information content (AvgIpc) is 2.72. The van der Waals surface area contributed by atoms with Crippen LogP contribution in [0.4, 0.5) is 5.69 Å². The van der Waals surface area contributed by atoms with Gasteiger partial charge in [0.2, 0.25) is 0 Å². The van der Waals surface area contributed by atoms with Gasteiger partial charge < -0.3 is 10.7 Å². The number of nitrogens with one attached hydrogen (secondary N) is 1. The van der Waals surface area contributed by atoms with Gasteiger partial charge in [-0.05, 0) is 23.8 Å². The second kappa shape index (κ2) is 3.42.